The van der Waals surface area contributed by atoms with E-state index in [1.165, 1.54) is 25.7 Å². The summed E-state index contributed by atoms with van der Waals surface area (Å²) in [5, 5.41) is 0. The van der Waals surface area contributed by atoms with E-state index in [0.717, 1.165) is 23.7 Å². The molecule has 1 aliphatic carbocycles. The smallest absolute Gasteiger partial charge is 0.0357 e. The van der Waals surface area contributed by atoms with Crippen molar-refractivity contribution in [2.75, 3.05) is 0 Å². The molecule has 0 nitrogen and oxygen atoms in total. The third kappa shape index (κ3) is 3.81. The van der Waals surface area contributed by atoms with Crippen LogP contribution in [0.5, 0.6) is 0 Å². The van der Waals surface area contributed by atoms with E-state index in [-0.39, 0.29) is 0 Å². The molecule has 0 radical (unpaired) electrons. The predicted octanol–water partition coefficient (Wildman–Crippen LogP) is 5.13. The molecular formula is C15H30. The van der Waals surface area contributed by atoms with E-state index in [4.69, 9.17) is 0 Å². The highest BCUT2D eigenvalue weighted by molar-refractivity contribution is 4.81. The van der Waals surface area contributed by atoms with Crippen LogP contribution in [0.15, 0.2) is 0 Å². The normalized spacial score (nSPS) is 29.8. The van der Waals surface area contributed by atoms with Gasteiger partial charge in [0.25, 0.3) is 0 Å². The summed E-state index contributed by atoms with van der Waals surface area (Å²) in [5.41, 5.74) is 0.496. The van der Waals surface area contributed by atoms with Crippen LogP contribution in [0.2, 0.25) is 0 Å². The van der Waals surface area contributed by atoms with Crippen molar-refractivity contribution in [1.82, 2.24) is 0 Å². The minimum Gasteiger partial charge on any atom is -0.0625 e. The third-order valence-electron chi connectivity index (χ3n) is 4.69. The van der Waals surface area contributed by atoms with Gasteiger partial charge < -0.3 is 0 Å². The van der Waals surface area contributed by atoms with Crippen LogP contribution in [-0.4, -0.2) is 0 Å². The summed E-state index contributed by atoms with van der Waals surface area (Å²) in [5.74, 6) is 3.81. The summed E-state index contributed by atoms with van der Waals surface area (Å²) in [6.07, 6.45) is 5.92. The molecule has 0 amide bonds. The van der Waals surface area contributed by atoms with Gasteiger partial charge in [0.1, 0.15) is 0 Å². The number of rotatable bonds is 3. The zero-order chi connectivity index (χ0) is 11.6. The molecule has 0 aromatic heterocycles. The molecular weight excluding hydrogens is 180 g/mol. The Morgan fingerprint density at radius 3 is 2.07 bits per heavy atom. The topological polar surface area (TPSA) is 0 Å². The van der Waals surface area contributed by atoms with E-state index < -0.39 is 0 Å². The Morgan fingerprint density at radius 2 is 1.67 bits per heavy atom. The number of hydrogen-bond acceptors (Lipinski definition) is 0. The first-order valence-electron chi connectivity index (χ1n) is 6.80. The highest BCUT2D eigenvalue weighted by atomic mass is 14.4. The van der Waals surface area contributed by atoms with Crippen molar-refractivity contribution in [3.63, 3.8) is 0 Å². The quantitative estimate of drug-likeness (QED) is 0.605. The minimum atomic E-state index is 0.496. The van der Waals surface area contributed by atoms with Crippen LogP contribution in [0.4, 0.5) is 0 Å². The highest BCUT2D eigenvalue weighted by Gasteiger charge is 2.30. The van der Waals surface area contributed by atoms with Crippen LogP contribution >= 0.6 is 0 Å². The van der Waals surface area contributed by atoms with Gasteiger partial charge in [-0.15, -0.1) is 0 Å². The average molecular weight is 210 g/mol. The molecule has 1 aliphatic rings. The van der Waals surface area contributed by atoms with Gasteiger partial charge in [0, 0.05) is 0 Å². The first kappa shape index (κ1) is 13.1. The lowest BCUT2D eigenvalue weighted by atomic mass is 9.76. The maximum Gasteiger partial charge on any atom is -0.0357 e. The maximum atomic E-state index is 2.43. The standard InChI is InChI=1S/C15H30/c1-11(2)14-8-7-13(10-14)9-12(3)15(4,5)6/h11-14H,7-10H2,1-6H3. The molecule has 0 spiro atoms. The molecule has 0 heteroatoms. The Kier molecular flexibility index (Phi) is 4.26. The van der Waals surface area contributed by atoms with Gasteiger partial charge in [-0.1, -0.05) is 48.0 Å². The molecule has 0 N–H and O–H groups in total. The Labute approximate surface area is 96.8 Å². The Hall–Kier alpha value is 0. The van der Waals surface area contributed by atoms with Crippen LogP contribution in [0, 0.1) is 29.1 Å². The van der Waals surface area contributed by atoms with Gasteiger partial charge in [0.2, 0.25) is 0 Å². The van der Waals surface area contributed by atoms with E-state index in [1.54, 1.807) is 0 Å². The second-order valence-corrected chi connectivity index (χ2v) is 7.19. The molecule has 0 aromatic rings. The molecule has 0 heterocycles. The Balaban J connectivity index is 2.36. The fourth-order valence-electron chi connectivity index (χ4n) is 2.79. The second kappa shape index (κ2) is 4.89. The van der Waals surface area contributed by atoms with Crippen molar-refractivity contribution in [2.24, 2.45) is 29.1 Å². The van der Waals surface area contributed by atoms with Crippen LogP contribution in [0.1, 0.15) is 67.2 Å². The van der Waals surface area contributed by atoms with E-state index in [0.29, 0.717) is 5.41 Å². The fraction of sp³-hybridized carbons (Fsp3) is 1.00. The summed E-state index contributed by atoms with van der Waals surface area (Å²) in [4.78, 5) is 0. The average Bonchev–Trinajstić information content (AvgIpc) is 2.50. The lowest BCUT2D eigenvalue weighted by Crippen LogP contribution is -2.19. The van der Waals surface area contributed by atoms with Gasteiger partial charge in [-0.05, 0) is 48.3 Å². The van der Waals surface area contributed by atoms with Crippen molar-refractivity contribution in [3.05, 3.63) is 0 Å². The van der Waals surface area contributed by atoms with E-state index >= 15 is 0 Å². The highest BCUT2D eigenvalue weighted by Crippen LogP contribution is 2.41. The SMILES string of the molecule is CC(C)C1CCC(CC(C)C(C)(C)C)C1. The monoisotopic (exact) mass is 210 g/mol. The fourth-order valence-corrected chi connectivity index (χ4v) is 2.79. The second-order valence-electron chi connectivity index (χ2n) is 7.19. The Morgan fingerprint density at radius 1 is 1.07 bits per heavy atom. The van der Waals surface area contributed by atoms with E-state index in [9.17, 15) is 0 Å². The van der Waals surface area contributed by atoms with Crippen molar-refractivity contribution < 1.29 is 0 Å². The van der Waals surface area contributed by atoms with Crippen molar-refractivity contribution in [3.8, 4) is 0 Å². The lowest BCUT2D eigenvalue weighted by molar-refractivity contribution is 0.211. The summed E-state index contributed by atoms with van der Waals surface area (Å²) in [7, 11) is 0. The molecule has 0 aromatic carbocycles. The van der Waals surface area contributed by atoms with E-state index in [2.05, 4.69) is 41.5 Å². The van der Waals surface area contributed by atoms with E-state index in [1.807, 2.05) is 0 Å². The van der Waals surface area contributed by atoms with Crippen molar-refractivity contribution >= 4 is 0 Å². The molecule has 0 saturated heterocycles. The molecule has 3 atom stereocenters. The summed E-state index contributed by atoms with van der Waals surface area (Å²) >= 11 is 0. The Bertz CT molecular complexity index is 185. The molecule has 1 fully saturated rings. The molecule has 90 valence electrons. The van der Waals surface area contributed by atoms with Crippen LogP contribution < -0.4 is 0 Å². The minimum absolute atomic E-state index is 0.496. The zero-order valence-corrected chi connectivity index (χ0v) is 11.6. The van der Waals surface area contributed by atoms with Gasteiger partial charge >= 0.3 is 0 Å². The van der Waals surface area contributed by atoms with Crippen molar-refractivity contribution in [2.45, 2.75) is 67.2 Å². The summed E-state index contributed by atoms with van der Waals surface area (Å²) in [6.45, 7) is 14.4. The van der Waals surface area contributed by atoms with Crippen LogP contribution in [0.25, 0.3) is 0 Å². The van der Waals surface area contributed by atoms with Gasteiger partial charge in [-0.25, -0.2) is 0 Å². The molecule has 0 bridgehead atoms. The summed E-state index contributed by atoms with van der Waals surface area (Å²) < 4.78 is 0. The lowest BCUT2D eigenvalue weighted by Gasteiger charge is -2.29. The van der Waals surface area contributed by atoms with Gasteiger partial charge in [-0.3, -0.25) is 0 Å². The van der Waals surface area contributed by atoms with Gasteiger partial charge in [0.05, 0.1) is 0 Å². The van der Waals surface area contributed by atoms with Crippen molar-refractivity contribution in [1.29, 1.82) is 0 Å². The van der Waals surface area contributed by atoms with Crippen LogP contribution in [-0.2, 0) is 0 Å². The summed E-state index contributed by atoms with van der Waals surface area (Å²) in [6, 6.07) is 0. The first-order valence-corrected chi connectivity index (χ1v) is 6.80. The molecule has 0 aliphatic heterocycles. The molecule has 3 unspecified atom stereocenters. The number of hydrogen-bond donors (Lipinski definition) is 0. The largest absolute Gasteiger partial charge is 0.0625 e. The van der Waals surface area contributed by atoms with Gasteiger partial charge in [-0.2, -0.15) is 0 Å². The van der Waals surface area contributed by atoms with Crippen LogP contribution in [0.3, 0.4) is 0 Å². The zero-order valence-electron chi connectivity index (χ0n) is 11.6. The predicted molar refractivity (Wildman–Crippen MR) is 68.9 cm³/mol. The third-order valence-corrected chi connectivity index (χ3v) is 4.69. The molecule has 1 rings (SSSR count). The molecule has 15 heavy (non-hydrogen) atoms. The maximum absolute atomic E-state index is 2.43. The first-order chi connectivity index (χ1) is 6.80. The van der Waals surface area contributed by atoms with Gasteiger partial charge in [0.15, 0.2) is 0 Å². The molecule has 1 saturated carbocycles.